The maximum atomic E-state index is 12.3. The second-order valence-electron chi connectivity index (χ2n) is 6.63. The van der Waals surface area contributed by atoms with E-state index >= 15 is 0 Å². The lowest BCUT2D eigenvalue weighted by Crippen LogP contribution is -2.33. The van der Waals surface area contributed by atoms with Crippen molar-refractivity contribution < 1.29 is 27.0 Å². The Morgan fingerprint density at radius 3 is 1.65 bits per heavy atom. The van der Waals surface area contributed by atoms with E-state index in [0.29, 0.717) is 18.8 Å². The Morgan fingerprint density at radius 1 is 0.853 bits per heavy atom. The number of hydrogen-bond donors (Lipinski definition) is 1. The summed E-state index contributed by atoms with van der Waals surface area (Å²) in [7, 11) is 0. The second-order valence-corrected chi connectivity index (χ2v) is 6.63. The largest absolute Gasteiger partial charge is 0.435 e. The number of alkyl halides is 4. The van der Waals surface area contributed by atoms with Gasteiger partial charge in [0.25, 0.3) is 0 Å². The quantitative estimate of drug-likeness (QED) is 0.197. The minimum Gasteiger partial charge on any atom is -0.435 e. The van der Waals surface area contributed by atoms with Gasteiger partial charge in [-0.1, -0.05) is 36.4 Å². The maximum Gasteiger partial charge on any atom is 0.387 e. The summed E-state index contributed by atoms with van der Waals surface area (Å²) in [6.45, 7) is -1.09. The SMILES string of the molecule is CCN=C(N)N(CC)N=C(C=Cc1ccc(OC(F)F)cc1)C=Cc1ccc(OC(F)F)cc1. The van der Waals surface area contributed by atoms with Crippen LogP contribution in [0.2, 0.25) is 0 Å². The van der Waals surface area contributed by atoms with Crippen LogP contribution in [0.5, 0.6) is 11.5 Å². The van der Waals surface area contributed by atoms with Crippen LogP contribution in [-0.4, -0.2) is 43.0 Å². The number of aliphatic imine (C=N–C) groups is 1. The zero-order chi connectivity index (χ0) is 24.9. The number of rotatable bonds is 11. The van der Waals surface area contributed by atoms with E-state index in [1.54, 1.807) is 48.6 Å². The van der Waals surface area contributed by atoms with Crippen LogP contribution in [0.1, 0.15) is 25.0 Å². The van der Waals surface area contributed by atoms with E-state index in [9.17, 15) is 17.6 Å². The van der Waals surface area contributed by atoms with Gasteiger partial charge in [-0.2, -0.15) is 22.7 Å². The van der Waals surface area contributed by atoms with E-state index in [2.05, 4.69) is 19.6 Å². The lowest BCUT2D eigenvalue weighted by Gasteiger charge is -2.16. The smallest absolute Gasteiger partial charge is 0.387 e. The van der Waals surface area contributed by atoms with E-state index in [-0.39, 0.29) is 17.5 Å². The molecule has 0 saturated carbocycles. The third kappa shape index (κ3) is 9.35. The Kier molecular flexibility index (Phi) is 10.6. The highest BCUT2D eigenvalue weighted by atomic mass is 19.3. The van der Waals surface area contributed by atoms with Crippen LogP contribution in [0, 0.1) is 0 Å². The zero-order valence-corrected chi connectivity index (χ0v) is 18.7. The lowest BCUT2D eigenvalue weighted by molar-refractivity contribution is -0.0505. The average molecular weight is 478 g/mol. The summed E-state index contributed by atoms with van der Waals surface area (Å²) in [5.41, 5.74) is 7.96. The number of benzene rings is 2. The summed E-state index contributed by atoms with van der Waals surface area (Å²) in [5.74, 6) is 0.369. The predicted molar refractivity (Wildman–Crippen MR) is 126 cm³/mol. The topological polar surface area (TPSA) is 72.4 Å². The molecule has 2 aromatic rings. The Morgan fingerprint density at radius 2 is 1.29 bits per heavy atom. The molecule has 0 aliphatic rings. The second kappa shape index (κ2) is 13.7. The number of hydrazone groups is 1. The standard InChI is InChI=1S/C24H26F4N4O2/c1-3-30-24(29)32(4-2)31-19(11-5-17-7-13-20(14-8-17)33-22(25)26)12-6-18-9-15-21(16-10-18)34-23(27)28/h5-16,22-23H,3-4H2,1-2H3,(H2,29,30). The van der Waals surface area contributed by atoms with E-state index in [1.807, 2.05) is 13.8 Å². The van der Waals surface area contributed by atoms with Crippen molar-refractivity contribution in [2.45, 2.75) is 27.1 Å². The van der Waals surface area contributed by atoms with Crippen LogP contribution in [-0.2, 0) is 0 Å². The molecule has 10 heteroatoms. The van der Waals surface area contributed by atoms with Gasteiger partial charge in [0.15, 0.2) is 0 Å². The van der Waals surface area contributed by atoms with Gasteiger partial charge in [-0.25, -0.2) is 5.01 Å². The van der Waals surface area contributed by atoms with Gasteiger partial charge in [-0.3, -0.25) is 4.99 Å². The molecule has 0 saturated heterocycles. The van der Waals surface area contributed by atoms with Gasteiger partial charge >= 0.3 is 13.2 Å². The number of ether oxygens (including phenoxy) is 2. The van der Waals surface area contributed by atoms with Gasteiger partial charge in [0.05, 0.1) is 5.71 Å². The summed E-state index contributed by atoms with van der Waals surface area (Å²) in [5, 5.41) is 6.06. The number of hydrogen-bond acceptors (Lipinski definition) is 4. The third-order valence-corrected chi connectivity index (χ3v) is 4.22. The molecule has 182 valence electrons. The van der Waals surface area contributed by atoms with Crippen molar-refractivity contribution in [1.29, 1.82) is 0 Å². The monoisotopic (exact) mass is 478 g/mol. The first-order valence-electron chi connectivity index (χ1n) is 10.4. The van der Waals surface area contributed by atoms with Gasteiger partial charge in [-0.05, 0) is 61.4 Å². The van der Waals surface area contributed by atoms with Crippen LogP contribution in [0.3, 0.4) is 0 Å². The minimum absolute atomic E-state index is 0.0564. The molecule has 6 nitrogen and oxygen atoms in total. The Hall–Kier alpha value is -3.82. The van der Waals surface area contributed by atoms with Crippen molar-refractivity contribution in [3.05, 3.63) is 71.8 Å². The summed E-state index contributed by atoms with van der Waals surface area (Å²) >= 11 is 0. The first-order chi connectivity index (χ1) is 16.3. The minimum atomic E-state index is -2.89. The maximum absolute atomic E-state index is 12.3. The molecule has 0 aliphatic heterocycles. The molecule has 0 atom stereocenters. The van der Waals surface area contributed by atoms with Crippen LogP contribution in [0.15, 0.2) is 70.8 Å². The molecule has 34 heavy (non-hydrogen) atoms. The van der Waals surface area contributed by atoms with Crippen LogP contribution >= 0.6 is 0 Å². The van der Waals surface area contributed by atoms with Gasteiger partial charge < -0.3 is 15.2 Å². The molecular weight excluding hydrogens is 452 g/mol. The van der Waals surface area contributed by atoms with Crippen molar-refractivity contribution in [3.63, 3.8) is 0 Å². The summed E-state index contributed by atoms with van der Waals surface area (Å²) in [4.78, 5) is 4.17. The fraction of sp³-hybridized carbons (Fsp3) is 0.250. The molecule has 2 N–H and O–H groups in total. The van der Waals surface area contributed by atoms with Crippen LogP contribution in [0.25, 0.3) is 12.2 Å². The summed E-state index contributed by atoms with van der Waals surface area (Å²) < 4.78 is 58.0. The molecule has 0 amide bonds. The van der Waals surface area contributed by atoms with Crippen molar-refractivity contribution >= 4 is 23.8 Å². The molecule has 0 radical (unpaired) electrons. The highest BCUT2D eigenvalue weighted by Crippen LogP contribution is 2.17. The number of nitrogens with two attached hydrogens (primary N) is 1. The van der Waals surface area contributed by atoms with Gasteiger partial charge in [0, 0.05) is 13.1 Å². The molecule has 0 bridgehead atoms. The van der Waals surface area contributed by atoms with Crippen molar-refractivity contribution in [3.8, 4) is 11.5 Å². The molecule has 2 rings (SSSR count). The number of allylic oxidation sites excluding steroid dienone is 2. The Bertz CT molecular complexity index is 939. The first kappa shape index (κ1) is 26.4. The molecule has 2 aromatic carbocycles. The highest BCUT2D eigenvalue weighted by Gasteiger charge is 2.06. The first-order valence-corrected chi connectivity index (χ1v) is 10.4. The number of guanidine groups is 1. The normalized spacial score (nSPS) is 12.1. The molecule has 0 spiro atoms. The fourth-order valence-corrected chi connectivity index (χ4v) is 2.67. The van der Waals surface area contributed by atoms with Gasteiger partial charge in [0.2, 0.25) is 5.96 Å². The zero-order valence-electron chi connectivity index (χ0n) is 18.7. The van der Waals surface area contributed by atoms with E-state index < -0.39 is 13.2 Å². The summed E-state index contributed by atoms with van der Waals surface area (Å²) in [6, 6.07) is 12.3. The van der Waals surface area contributed by atoms with Gasteiger partial charge in [0.1, 0.15) is 11.5 Å². The van der Waals surface area contributed by atoms with Gasteiger partial charge in [-0.15, -0.1) is 0 Å². The molecule has 0 fully saturated rings. The van der Waals surface area contributed by atoms with Crippen molar-refractivity contribution in [1.82, 2.24) is 5.01 Å². The van der Waals surface area contributed by atoms with E-state index in [0.717, 1.165) is 11.1 Å². The van der Waals surface area contributed by atoms with Crippen molar-refractivity contribution in [2.75, 3.05) is 13.1 Å². The third-order valence-electron chi connectivity index (χ3n) is 4.22. The highest BCUT2D eigenvalue weighted by molar-refractivity contribution is 6.09. The molecule has 0 unspecified atom stereocenters. The number of halogens is 4. The Balaban J connectivity index is 2.28. The van der Waals surface area contributed by atoms with Crippen molar-refractivity contribution in [2.24, 2.45) is 15.8 Å². The lowest BCUT2D eigenvalue weighted by atomic mass is 10.1. The van der Waals surface area contributed by atoms with Crippen LogP contribution < -0.4 is 15.2 Å². The summed E-state index contributed by atoms with van der Waals surface area (Å²) in [6.07, 6.45) is 6.93. The predicted octanol–water partition coefficient (Wildman–Crippen LogP) is 5.63. The Labute approximate surface area is 195 Å². The number of nitrogens with zero attached hydrogens (tertiary/aromatic N) is 3. The molecule has 0 heterocycles. The van der Waals surface area contributed by atoms with E-state index in [1.165, 1.54) is 29.3 Å². The molecule has 0 aliphatic carbocycles. The fourth-order valence-electron chi connectivity index (χ4n) is 2.67. The molecular formula is C24H26F4N4O2. The average Bonchev–Trinajstić information content (AvgIpc) is 2.80. The van der Waals surface area contributed by atoms with E-state index in [4.69, 9.17) is 5.73 Å². The van der Waals surface area contributed by atoms with Crippen LogP contribution in [0.4, 0.5) is 17.6 Å². The molecule has 0 aromatic heterocycles.